The molecule has 1 heterocycles. The molecule has 2 aromatic rings. The second kappa shape index (κ2) is 9.27. The lowest BCUT2D eigenvalue weighted by atomic mass is 10.2. The molecule has 0 aliphatic carbocycles. The standard InChI is InChI=1S/C19H18N4O6S/c1-28-13-6-3-11(4-7-13)20-19-22-18(25)16(30-19)10-17(24)21-14-8-5-12(23(26)27)9-15(14)29-2/h3-9,16H,10H2,1-2H3,(H,21,24)(H,20,22,25). The van der Waals surface area contributed by atoms with Crippen LogP contribution in [0, 0.1) is 10.1 Å². The predicted molar refractivity (Wildman–Crippen MR) is 113 cm³/mol. The molecule has 1 aliphatic heterocycles. The quantitative estimate of drug-likeness (QED) is 0.510. The zero-order valence-electron chi connectivity index (χ0n) is 16.1. The Morgan fingerprint density at radius 2 is 1.97 bits per heavy atom. The van der Waals surface area contributed by atoms with Crippen LogP contribution in [0.5, 0.6) is 11.5 Å². The summed E-state index contributed by atoms with van der Waals surface area (Å²) in [5.74, 6) is 0.0969. The van der Waals surface area contributed by atoms with Gasteiger partial charge in [0.15, 0.2) is 5.17 Å². The van der Waals surface area contributed by atoms with Crippen molar-refractivity contribution in [3.05, 3.63) is 52.6 Å². The van der Waals surface area contributed by atoms with Crippen LogP contribution in [0.1, 0.15) is 6.42 Å². The van der Waals surface area contributed by atoms with Crippen molar-refractivity contribution < 1.29 is 24.0 Å². The van der Waals surface area contributed by atoms with Gasteiger partial charge in [-0.2, -0.15) is 0 Å². The van der Waals surface area contributed by atoms with Gasteiger partial charge in [-0.3, -0.25) is 19.7 Å². The van der Waals surface area contributed by atoms with E-state index < -0.39 is 16.1 Å². The first kappa shape index (κ1) is 21.1. The third kappa shape index (κ3) is 5.06. The molecule has 1 saturated heterocycles. The van der Waals surface area contributed by atoms with E-state index in [1.807, 2.05) is 0 Å². The first-order valence-electron chi connectivity index (χ1n) is 8.72. The highest BCUT2D eigenvalue weighted by Gasteiger charge is 2.32. The van der Waals surface area contributed by atoms with Crippen molar-refractivity contribution in [3.63, 3.8) is 0 Å². The number of amides is 2. The molecule has 1 unspecified atom stereocenters. The average molecular weight is 430 g/mol. The topological polar surface area (TPSA) is 132 Å². The van der Waals surface area contributed by atoms with Crippen molar-refractivity contribution in [2.24, 2.45) is 4.99 Å². The van der Waals surface area contributed by atoms with E-state index in [1.165, 1.54) is 25.3 Å². The number of hydrogen-bond donors (Lipinski definition) is 2. The summed E-state index contributed by atoms with van der Waals surface area (Å²) in [5.41, 5.74) is 0.762. The molecular formula is C19H18N4O6S. The largest absolute Gasteiger partial charge is 0.497 e. The SMILES string of the molecule is COc1ccc(N=C2NC(=O)C(CC(=O)Nc3ccc([N+](=O)[O-])cc3OC)S2)cc1. The molecule has 1 aliphatic rings. The van der Waals surface area contributed by atoms with E-state index in [2.05, 4.69) is 15.6 Å². The Morgan fingerprint density at radius 1 is 1.23 bits per heavy atom. The minimum Gasteiger partial charge on any atom is -0.497 e. The number of rotatable bonds is 7. The highest BCUT2D eigenvalue weighted by Crippen LogP contribution is 2.30. The lowest BCUT2D eigenvalue weighted by molar-refractivity contribution is -0.384. The number of nitro groups is 1. The number of anilines is 1. The number of amidine groups is 1. The van der Waals surface area contributed by atoms with Crippen molar-refractivity contribution in [2.45, 2.75) is 11.7 Å². The molecule has 0 spiro atoms. The fourth-order valence-electron chi connectivity index (χ4n) is 2.63. The molecular weight excluding hydrogens is 412 g/mol. The van der Waals surface area contributed by atoms with Crippen LogP contribution in [0.4, 0.5) is 17.1 Å². The summed E-state index contributed by atoms with van der Waals surface area (Å²) in [7, 11) is 2.91. The molecule has 0 aromatic heterocycles. The third-order valence-electron chi connectivity index (χ3n) is 4.12. The average Bonchev–Trinajstić information content (AvgIpc) is 3.07. The summed E-state index contributed by atoms with van der Waals surface area (Å²) < 4.78 is 10.2. The second-order valence-electron chi connectivity index (χ2n) is 6.10. The minimum atomic E-state index is -0.647. The van der Waals surface area contributed by atoms with E-state index in [1.54, 1.807) is 31.4 Å². The number of aliphatic imine (C=N–C) groups is 1. The van der Waals surface area contributed by atoms with Gasteiger partial charge in [-0.1, -0.05) is 11.8 Å². The fraction of sp³-hybridized carbons (Fsp3) is 0.211. The molecule has 156 valence electrons. The number of ether oxygens (including phenoxy) is 2. The lowest BCUT2D eigenvalue weighted by Crippen LogP contribution is -2.28. The van der Waals surface area contributed by atoms with Gasteiger partial charge in [0.2, 0.25) is 11.8 Å². The van der Waals surface area contributed by atoms with Gasteiger partial charge >= 0.3 is 0 Å². The van der Waals surface area contributed by atoms with Gasteiger partial charge in [0, 0.05) is 12.5 Å². The maximum Gasteiger partial charge on any atom is 0.273 e. The molecule has 1 fully saturated rings. The van der Waals surface area contributed by atoms with E-state index in [9.17, 15) is 19.7 Å². The maximum atomic E-state index is 12.4. The molecule has 3 rings (SSSR count). The van der Waals surface area contributed by atoms with Crippen molar-refractivity contribution in [1.82, 2.24) is 5.32 Å². The van der Waals surface area contributed by atoms with Gasteiger partial charge < -0.3 is 20.1 Å². The Bertz CT molecular complexity index is 1010. The number of methoxy groups -OCH3 is 2. The van der Waals surface area contributed by atoms with E-state index in [0.717, 1.165) is 11.8 Å². The summed E-state index contributed by atoms with van der Waals surface area (Å²) >= 11 is 1.16. The first-order valence-corrected chi connectivity index (χ1v) is 9.60. The normalized spacial score (nSPS) is 16.8. The smallest absolute Gasteiger partial charge is 0.273 e. The van der Waals surface area contributed by atoms with Gasteiger partial charge in [-0.15, -0.1) is 0 Å². The Hall–Kier alpha value is -3.60. The molecule has 10 nitrogen and oxygen atoms in total. The minimum absolute atomic E-state index is 0.0989. The number of thioether (sulfide) groups is 1. The number of carbonyl (C=O) groups is 2. The van der Waals surface area contributed by atoms with Gasteiger partial charge in [0.1, 0.15) is 16.7 Å². The molecule has 0 bridgehead atoms. The van der Waals surface area contributed by atoms with Gasteiger partial charge in [-0.25, -0.2) is 4.99 Å². The second-order valence-corrected chi connectivity index (χ2v) is 7.30. The molecule has 30 heavy (non-hydrogen) atoms. The lowest BCUT2D eigenvalue weighted by Gasteiger charge is -2.11. The molecule has 2 amide bonds. The Labute approximate surface area is 175 Å². The van der Waals surface area contributed by atoms with E-state index in [4.69, 9.17) is 9.47 Å². The van der Waals surface area contributed by atoms with Gasteiger partial charge in [0.25, 0.3) is 5.69 Å². The van der Waals surface area contributed by atoms with Gasteiger partial charge in [-0.05, 0) is 30.3 Å². The van der Waals surface area contributed by atoms with Crippen LogP contribution in [-0.2, 0) is 9.59 Å². The monoisotopic (exact) mass is 430 g/mol. The highest BCUT2D eigenvalue weighted by molar-refractivity contribution is 8.15. The number of carbonyl (C=O) groups excluding carboxylic acids is 2. The first-order chi connectivity index (χ1) is 14.4. The number of non-ortho nitro benzene ring substituents is 1. The highest BCUT2D eigenvalue weighted by atomic mass is 32.2. The van der Waals surface area contributed by atoms with Crippen LogP contribution in [0.2, 0.25) is 0 Å². The number of benzene rings is 2. The van der Waals surface area contributed by atoms with E-state index >= 15 is 0 Å². The van der Waals surface area contributed by atoms with Crippen molar-refractivity contribution in [2.75, 3.05) is 19.5 Å². The molecule has 2 N–H and O–H groups in total. The van der Waals surface area contributed by atoms with Crippen LogP contribution < -0.4 is 20.1 Å². The molecule has 11 heteroatoms. The van der Waals surface area contributed by atoms with Crippen molar-refractivity contribution >= 4 is 45.8 Å². The Balaban J connectivity index is 1.63. The molecule has 1 atom stereocenters. The van der Waals surface area contributed by atoms with E-state index in [-0.39, 0.29) is 29.5 Å². The summed E-state index contributed by atoms with van der Waals surface area (Å²) in [6.45, 7) is 0. The van der Waals surface area contributed by atoms with Crippen LogP contribution in [0.3, 0.4) is 0 Å². The summed E-state index contributed by atoms with van der Waals surface area (Å²) in [5, 5.41) is 15.9. The number of nitro benzene ring substituents is 1. The molecule has 2 aromatic carbocycles. The van der Waals surface area contributed by atoms with Crippen LogP contribution in [0.25, 0.3) is 0 Å². The maximum absolute atomic E-state index is 12.4. The Morgan fingerprint density at radius 3 is 2.60 bits per heavy atom. The van der Waals surface area contributed by atoms with Crippen molar-refractivity contribution in [3.8, 4) is 11.5 Å². The van der Waals surface area contributed by atoms with Crippen LogP contribution in [-0.4, -0.2) is 41.4 Å². The number of nitrogens with zero attached hydrogens (tertiary/aromatic N) is 2. The number of hydrogen-bond acceptors (Lipinski definition) is 8. The van der Waals surface area contributed by atoms with Crippen molar-refractivity contribution in [1.29, 1.82) is 0 Å². The fourth-order valence-corrected chi connectivity index (χ4v) is 3.62. The predicted octanol–water partition coefficient (Wildman–Crippen LogP) is 2.86. The zero-order chi connectivity index (χ0) is 21.7. The van der Waals surface area contributed by atoms with Gasteiger partial charge in [0.05, 0.1) is 36.6 Å². The van der Waals surface area contributed by atoms with Crippen LogP contribution in [0.15, 0.2) is 47.5 Å². The summed E-state index contributed by atoms with van der Waals surface area (Å²) in [6.07, 6.45) is -0.0989. The molecule has 0 saturated carbocycles. The Kier molecular flexibility index (Phi) is 6.52. The summed E-state index contributed by atoms with van der Waals surface area (Å²) in [4.78, 5) is 39.2. The van der Waals surface area contributed by atoms with E-state index in [0.29, 0.717) is 16.6 Å². The molecule has 0 radical (unpaired) electrons. The third-order valence-corrected chi connectivity index (χ3v) is 5.20. The summed E-state index contributed by atoms with van der Waals surface area (Å²) in [6, 6.07) is 10.9. The number of nitrogens with one attached hydrogen (secondary N) is 2. The zero-order valence-corrected chi connectivity index (χ0v) is 16.9. The van der Waals surface area contributed by atoms with Crippen LogP contribution >= 0.6 is 11.8 Å².